The zero-order valence-corrected chi connectivity index (χ0v) is 12.2. The van der Waals surface area contributed by atoms with Crippen LogP contribution in [-0.2, 0) is 16.0 Å². The predicted molar refractivity (Wildman–Crippen MR) is 79.6 cm³/mol. The van der Waals surface area contributed by atoms with Crippen LogP contribution in [0.2, 0.25) is 0 Å². The van der Waals surface area contributed by atoms with Crippen LogP contribution in [0, 0.1) is 5.92 Å². The van der Waals surface area contributed by atoms with E-state index in [1.807, 2.05) is 12.3 Å². The van der Waals surface area contributed by atoms with Gasteiger partial charge in [-0.05, 0) is 49.7 Å². The Kier molecular flexibility index (Phi) is 5.99. The van der Waals surface area contributed by atoms with Crippen LogP contribution in [0.25, 0.3) is 0 Å². The Morgan fingerprint density at radius 2 is 2.25 bits per heavy atom. The molecule has 0 aliphatic carbocycles. The van der Waals surface area contributed by atoms with Crippen molar-refractivity contribution in [1.29, 1.82) is 0 Å². The van der Waals surface area contributed by atoms with Crippen LogP contribution in [0.4, 0.5) is 5.69 Å². The lowest BCUT2D eigenvalue weighted by Crippen LogP contribution is -2.17. The van der Waals surface area contributed by atoms with Crippen LogP contribution in [0.1, 0.15) is 44.6 Å². The molecule has 4 heteroatoms. The molecule has 1 amide bonds. The predicted octanol–water partition coefficient (Wildman–Crippen LogP) is 3.18. The number of nitrogens with zero attached hydrogens (tertiary/aromatic N) is 1. The SMILES string of the molecule is CCc1cnccc1NC(=O)CCCC1CCOCC1. The molecule has 4 nitrogen and oxygen atoms in total. The number of pyridine rings is 1. The fourth-order valence-corrected chi connectivity index (χ4v) is 2.63. The van der Waals surface area contributed by atoms with E-state index >= 15 is 0 Å². The largest absolute Gasteiger partial charge is 0.381 e. The fourth-order valence-electron chi connectivity index (χ4n) is 2.63. The van der Waals surface area contributed by atoms with Gasteiger partial charge in [-0.2, -0.15) is 0 Å². The lowest BCUT2D eigenvalue weighted by atomic mass is 9.94. The summed E-state index contributed by atoms with van der Waals surface area (Å²) in [5, 5.41) is 3.00. The number of carbonyl (C=O) groups is 1. The number of amides is 1. The highest BCUT2D eigenvalue weighted by molar-refractivity contribution is 5.91. The second-order valence-electron chi connectivity index (χ2n) is 5.38. The molecular weight excluding hydrogens is 252 g/mol. The summed E-state index contributed by atoms with van der Waals surface area (Å²) >= 11 is 0. The van der Waals surface area contributed by atoms with Crippen molar-refractivity contribution in [2.75, 3.05) is 18.5 Å². The Bertz CT molecular complexity index is 428. The molecule has 20 heavy (non-hydrogen) atoms. The molecule has 0 aromatic carbocycles. The fraction of sp³-hybridized carbons (Fsp3) is 0.625. The van der Waals surface area contributed by atoms with E-state index in [-0.39, 0.29) is 5.91 Å². The van der Waals surface area contributed by atoms with E-state index in [2.05, 4.69) is 17.2 Å². The van der Waals surface area contributed by atoms with Gasteiger partial charge in [-0.25, -0.2) is 0 Å². The van der Waals surface area contributed by atoms with Gasteiger partial charge in [0, 0.05) is 37.7 Å². The van der Waals surface area contributed by atoms with Gasteiger partial charge in [-0.1, -0.05) is 6.92 Å². The van der Waals surface area contributed by atoms with Crippen LogP contribution in [0.3, 0.4) is 0 Å². The third-order valence-electron chi connectivity index (χ3n) is 3.92. The van der Waals surface area contributed by atoms with E-state index in [0.717, 1.165) is 62.5 Å². The van der Waals surface area contributed by atoms with Gasteiger partial charge in [0.1, 0.15) is 0 Å². The van der Waals surface area contributed by atoms with Crippen molar-refractivity contribution in [2.45, 2.75) is 45.4 Å². The Labute approximate surface area is 120 Å². The number of ether oxygens (including phenoxy) is 1. The standard InChI is InChI=1S/C16H24N2O2/c1-2-14-12-17-9-6-15(14)18-16(19)5-3-4-13-7-10-20-11-8-13/h6,9,12-13H,2-5,7-8,10-11H2,1H3,(H,17,18,19). The van der Waals surface area contributed by atoms with Crippen molar-refractivity contribution in [3.8, 4) is 0 Å². The Morgan fingerprint density at radius 3 is 3.00 bits per heavy atom. The summed E-state index contributed by atoms with van der Waals surface area (Å²) in [4.78, 5) is 16.0. The van der Waals surface area contributed by atoms with E-state index < -0.39 is 0 Å². The molecular formula is C16H24N2O2. The van der Waals surface area contributed by atoms with E-state index in [9.17, 15) is 4.79 Å². The molecule has 1 fully saturated rings. The summed E-state index contributed by atoms with van der Waals surface area (Å²) in [7, 11) is 0. The van der Waals surface area contributed by atoms with Gasteiger partial charge in [-0.15, -0.1) is 0 Å². The van der Waals surface area contributed by atoms with Gasteiger partial charge in [0.05, 0.1) is 0 Å². The molecule has 1 N–H and O–H groups in total. The summed E-state index contributed by atoms with van der Waals surface area (Å²) < 4.78 is 5.35. The lowest BCUT2D eigenvalue weighted by Gasteiger charge is -2.21. The number of nitrogens with one attached hydrogen (secondary N) is 1. The Hall–Kier alpha value is -1.42. The molecule has 0 bridgehead atoms. The molecule has 1 aliphatic rings. The molecule has 1 saturated heterocycles. The van der Waals surface area contributed by atoms with Crippen LogP contribution < -0.4 is 5.32 Å². The van der Waals surface area contributed by atoms with E-state index in [1.54, 1.807) is 6.20 Å². The first kappa shape index (κ1) is 15.0. The van der Waals surface area contributed by atoms with Gasteiger partial charge >= 0.3 is 0 Å². The zero-order chi connectivity index (χ0) is 14.2. The zero-order valence-electron chi connectivity index (χ0n) is 12.2. The van der Waals surface area contributed by atoms with Crippen molar-refractivity contribution in [2.24, 2.45) is 5.92 Å². The molecule has 1 aliphatic heterocycles. The van der Waals surface area contributed by atoms with Gasteiger partial charge in [0.15, 0.2) is 0 Å². The van der Waals surface area contributed by atoms with Crippen LogP contribution in [-0.4, -0.2) is 24.1 Å². The maximum absolute atomic E-state index is 12.0. The number of aromatic nitrogens is 1. The smallest absolute Gasteiger partial charge is 0.224 e. The molecule has 0 spiro atoms. The van der Waals surface area contributed by atoms with Gasteiger partial charge in [0.25, 0.3) is 0 Å². The molecule has 2 heterocycles. The van der Waals surface area contributed by atoms with Crippen LogP contribution >= 0.6 is 0 Å². The molecule has 0 atom stereocenters. The maximum Gasteiger partial charge on any atom is 0.224 e. The third-order valence-corrected chi connectivity index (χ3v) is 3.92. The van der Waals surface area contributed by atoms with Gasteiger partial charge in [0.2, 0.25) is 5.91 Å². The maximum atomic E-state index is 12.0. The van der Waals surface area contributed by atoms with Gasteiger partial charge in [-0.3, -0.25) is 9.78 Å². The minimum atomic E-state index is 0.109. The number of hydrogen-bond donors (Lipinski definition) is 1. The lowest BCUT2D eigenvalue weighted by molar-refractivity contribution is -0.116. The summed E-state index contributed by atoms with van der Waals surface area (Å²) in [5.41, 5.74) is 1.99. The van der Waals surface area contributed by atoms with Crippen molar-refractivity contribution in [1.82, 2.24) is 4.98 Å². The summed E-state index contributed by atoms with van der Waals surface area (Å²) in [6.45, 7) is 3.83. The minimum Gasteiger partial charge on any atom is -0.381 e. The summed E-state index contributed by atoms with van der Waals surface area (Å²) in [6.07, 6.45) is 9.40. The Balaban J connectivity index is 1.72. The number of aryl methyl sites for hydroxylation is 1. The van der Waals surface area contributed by atoms with Crippen molar-refractivity contribution >= 4 is 11.6 Å². The summed E-state index contributed by atoms with van der Waals surface area (Å²) in [6, 6.07) is 1.87. The monoisotopic (exact) mass is 276 g/mol. The minimum absolute atomic E-state index is 0.109. The van der Waals surface area contributed by atoms with Crippen molar-refractivity contribution in [3.63, 3.8) is 0 Å². The molecule has 2 rings (SSSR count). The van der Waals surface area contributed by atoms with Crippen molar-refractivity contribution < 1.29 is 9.53 Å². The average Bonchev–Trinajstić information content (AvgIpc) is 2.49. The third kappa shape index (κ3) is 4.60. The molecule has 1 aromatic rings. The first-order valence-electron chi connectivity index (χ1n) is 7.60. The highest BCUT2D eigenvalue weighted by atomic mass is 16.5. The van der Waals surface area contributed by atoms with Crippen molar-refractivity contribution in [3.05, 3.63) is 24.0 Å². The normalized spacial score (nSPS) is 16.1. The van der Waals surface area contributed by atoms with Gasteiger partial charge < -0.3 is 10.1 Å². The topological polar surface area (TPSA) is 51.2 Å². The molecule has 0 saturated carbocycles. The first-order chi connectivity index (χ1) is 9.79. The van der Waals surface area contributed by atoms with E-state index in [1.165, 1.54) is 0 Å². The average molecular weight is 276 g/mol. The summed E-state index contributed by atoms with van der Waals surface area (Å²) in [5.74, 6) is 0.849. The number of rotatable bonds is 6. The van der Waals surface area contributed by atoms with E-state index in [4.69, 9.17) is 4.74 Å². The Morgan fingerprint density at radius 1 is 1.45 bits per heavy atom. The highest BCUT2D eigenvalue weighted by Gasteiger charge is 2.14. The molecule has 0 unspecified atom stereocenters. The second kappa shape index (κ2) is 8.00. The van der Waals surface area contributed by atoms with Crippen LogP contribution in [0.5, 0.6) is 0 Å². The highest BCUT2D eigenvalue weighted by Crippen LogP contribution is 2.21. The number of carbonyl (C=O) groups excluding carboxylic acids is 1. The number of anilines is 1. The number of hydrogen-bond acceptors (Lipinski definition) is 3. The molecule has 0 radical (unpaired) electrons. The molecule has 110 valence electrons. The van der Waals surface area contributed by atoms with E-state index in [0.29, 0.717) is 6.42 Å². The molecule has 1 aromatic heterocycles. The quantitative estimate of drug-likeness (QED) is 0.868. The second-order valence-corrected chi connectivity index (χ2v) is 5.38. The van der Waals surface area contributed by atoms with Crippen LogP contribution in [0.15, 0.2) is 18.5 Å². The first-order valence-corrected chi connectivity index (χ1v) is 7.60.